The lowest BCUT2D eigenvalue weighted by atomic mass is 10.0. The second kappa shape index (κ2) is 6.66. The molecule has 1 aromatic carbocycles. The molecule has 1 heterocycles. The minimum absolute atomic E-state index is 0.290. The Bertz CT molecular complexity index is 474. The quantitative estimate of drug-likeness (QED) is 0.930. The van der Waals surface area contributed by atoms with Crippen LogP contribution in [0.3, 0.4) is 0 Å². The molecular formula is C15H22F3N3. The first-order chi connectivity index (χ1) is 9.91. The van der Waals surface area contributed by atoms with Gasteiger partial charge in [0.25, 0.3) is 0 Å². The van der Waals surface area contributed by atoms with Gasteiger partial charge in [0, 0.05) is 25.3 Å². The number of nitrogens with zero attached hydrogens (tertiary/aromatic N) is 2. The number of benzene rings is 1. The summed E-state index contributed by atoms with van der Waals surface area (Å²) in [7, 11) is 2.00. The highest BCUT2D eigenvalue weighted by Crippen LogP contribution is 2.37. The Kier molecular flexibility index (Phi) is 5.11. The highest BCUT2D eigenvalue weighted by molar-refractivity contribution is 5.56. The molecule has 118 valence electrons. The number of anilines is 1. The molecule has 0 amide bonds. The minimum atomic E-state index is -4.34. The van der Waals surface area contributed by atoms with E-state index in [2.05, 4.69) is 4.90 Å². The monoisotopic (exact) mass is 301 g/mol. The first-order valence-electron chi connectivity index (χ1n) is 7.25. The number of nitrogens with two attached hydrogens (primary N) is 1. The van der Waals surface area contributed by atoms with E-state index in [1.165, 1.54) is 6.07 Å². The van der Waals surface area contributed by atoms with E-state index >= 15 is 0 Å². The molecule has 2 rings (SSSR count). The molecule has 0 bridgehead atoms. The third-order valence-electron chi connectivity index (χ3n) is 3.86. The predicted molar refractivity (Wildman–Crippen MR) is 78.5 cm³/mol. The molecule has 1 saturated heterocycles. The summed E-state index contributed by atoms with van der Waals surface area (Å²) in [6.45, 7) is 3.33. The van der Waals surface area contributed by atoms with Gasteiger partial charge in [0.1, 0.15) is 0 Å². The molecular weight excluding hydrogens is 279 g/mol. The van der Waals surface area contributed by atoms with Crippen molar-refractivity contribution in [1.82, 2.24) is 4.90 Å². The van der Waals surface area contributed by atoms with Crippen LogP contribution in [0.2, 0.25) is 0 Å². The molecule has 21 heavy (non-hydrogen) atoms. The average molecular weight is 301 g/mol. The van der Waals surface area contributed by atoms with Crippen molar-refractivity contribution in [1.29, 1.82) is 0 Å². The Morgan fingerprint density at radius 2 is 1.90 bits per heavy atom. The summed E-state index contributed by atoms with van der Waals surface area (Å²) in [5.74, 6) is 0. The van der Waals surface area contributed by atoms with Gasteiger partial charge in [0.15, 0.2) is 0 Å². The Balaban J connectivity index is 2.33. The van der Waals surface area contributed by atoms with E-state index in [1.807, 2.05) is 11.9 Å². The van der Waals surface area contributed by atoms with Gasteiger partial charge in [0.05, 0.1) is 5.56 Å². The molecule has 1 fully saturated rings. The van der Waals surface area contributed by atoms with Crippen molar-refractivity contribution in [3.8, 4) is 0 Å². The molecule has 1 aliphatic heterocycles. The molecule has 2 N–H and O–H groups in total. The van der Waals surface area contributed by atoms with E-state index in [4.69, 9.17) is 5.73 Å². The Labute approximate surface area is 123 Å². The number of hydrogen-bond donors (Lipinski definition) is 1. The van der Waals surface area contributed by atoms with Gasteiger partial charge in [-0.3, -0.25) is 0 Å². The van der Waals surface area contributed by atoms with Crippen LogP contribution in [0.25, 0.3) is 0 Å². The van der Waals surface area contributed by atoms with Crippen LogP contribution in [0.4, 0.5) is 18.9 Å². The summed E-state index contributed by atoms with van der Waals surface area (Å²) in [5.41, 5.74) is 5.83. The second-order valence-electron chi connectivity index (χ2n) is 5.53. The van der Waals surface area contributed by atoms with Gasteiger partial charge in [-0.25, -0.2) is 0 Å². The number of halogens is 3. The van der Waals surface area contributed by atoms with Crippen LogP contribution in [0.1, 0.15) is 17.5 Å². The lowest BCUT2D eigenvalue weighted by molar-refractivity contribution is -0.137. The topological polar surface area (TPSA) is 32.5 Å². The van der Waals surface area contributed by atoms with Gasteiger partial charge in [-0.15, -0.1) is 0 Å². The zero-order valence-corrected chi connectivity index (χ0v) is 12.3. The van der Waals surface area contributed by atoms with Gasteiger partial charge in [-0.05, 0) is 50.7 Å². The normalized spacial score (nSPS) is 17.9. The highest BCUT2D eigenvalue weighted by atomic mass is 19.4. The maximum Gasteiger partial charge on any atom is 0.418 e. The van der Waals surface area contributed by atoms with E-state index in [0.717, 1.165) is 19.5 Å². The summed E-state index contributed by atoms with van der Waals surface area (Å²) >= 11 is 0. The van der Waals surface area contributed by atoms with Gasteiger partial charge >= 0.3 is 6.18 Å². The first kappa shape index (κ1) is 16.1. The summed E-state index contributed by atoms with van der Waals surface area (Å²) in [6, 6.07) is 4.60. The van der Waals surface area contributed by atoms with Gasteiger partial charge in [-0.1, -0.05) is 6.07 Å². The third kappa shape index (κ3) is 4.11. The standard InChI is InChI=1S/C15H22F3N3/c1-20-7-2-8-21(10-9-20)14-4-3-12(5-6-19)11-13(14)15(16,17)18/h3-4,11H,2,5-10,19H2,1H3. The van der Waals surface area contributed by atoms with E-state index in [1.54, 1.807) is 12.1 Å². The Morgan fingerprint density at radius 3 is 2.57 bits per heavy atom. The van der Waals surface area contributed by atoms with E-state index < -0.39 is 11.7 Å². The lowest BCUT2D eigenvalue weighted by Crippen LogP contribution is -2.30. The zero-order chi connectivity index (χ0) is 15.5. The molecule has 3 nitrogen and oxygen atoms in total. The van der Waals surface area contributed by atoms with Crippen LogP contribution in [-0.2, 0) is 12.6 Å². The number of likely N-dealkylation sites (N-methyl/N-ethyl adjacent to an activating group) is 1. The molecule has 0 aromatic heterocycles. The van der Waals surface area contributed by atoms with Gasteiger partial charge in [0.2, 0.25) is 0 Å². The largest absolute Gasteiger partial charge is 0.418 e. The molecule has 6 heteroatoms. The Morgan fingerprint density at radius 1 is 1.14 bits per heavy atom. The third-order valence-corrected chi connectivity index (χ3v) is 3.86. The highest BCUT2D eigenvalue weighted by Gasteiger charge is 2.35. The van der Waals surface area contributed by atoms with Crippen LogP contribution >= 0.6 is 0 Å². The van der Waals surface area contributed by atoms with Gasteiger partial charge in [-0.2, -0.15) is 13.2 Å². The fourth-order valence-electron chi connectivity index (χ4n) is 2.70. The summed E-state index contributed by atoms with van der Waals surface area (Å²) in [4.78, 5) is 3.99. The van der Waals surface area contributed by atoms with Crippen molar-refractivity contribution >= 4 is 5.69 Å². The smallest absolute Gasteiger partial charge is 0.370 e. The minimum Gasteiger partial charge on any atom is -0.370 e. The van der Waals surface area contributed by atoms with Crippen LogP contribution < -0.4 is 10.6 Å². The van der Waals surface area contributed by atoms with E-state index in [-0.39, 0.29) is 0 Å². The van der Waals surface area contributed by atoms with Crippen LogP contribution in [0.15, 0.2) is 18.2 Å². The van der Waals surface area contributed by atoms with Crippen LogP contribution in [-0.4, -0.2) is 44.7 Å². The van der Waals surface area contributed by atoms with E-state index in [9.17, 15) is 13.2 Å². The fourth-order valence-corrected chi connectivity index (χ4v) is 2.70. The summed E-state index contributed by atoms with van der Waals surface area (Å²) in [6.07, 6.45) is -3.00. The number of alkyl halides is 3. The van der Waals surface area contributed by atoms with Crippen molar-refractivity contribution in [3.05, 3.63) is 29.3 Å². The maximum atomic E-state index is 13.3. The van der Waals surface area contributed by atoms with Gasteiger partial charge < -0.3 is 15.5 Å². The van der Waals surface area contributed by atoms with Crippen molar-refractivity contribution < 1.29 is 13.2 Å². The molecule has 0 aliphatic carbocycles. The summed E-state index contributed by atoms with van der Waals surface area (Å²) in [5, 5.41) is 0. The lowest BCUT2D eigenvalue weighted by Gasteiger charge is -2.26. The molecule has 1 aliphatic rings. The Hall–Kier alpha value is -1.27. The SMILES string of the molecule is CN1CCCN(c2ccc(CCN)cc2C(F)(F)F)CC1. The van der Waals surface area contributed by atoms with Crippen molar-refractivity contribution in [2.75, 3.05) is 44.7 Å². The average Bonchev–Trinajstić information content (AvgIpc) is 2.63. The maximum absolute atomic E-state index is 13.3. The van der Waals surface area contributed by atoms with E-state index in [0.29, 0.717) is 37.3 Å². The predicted octanol–water partition coefficient (Wildman–Crippen LogP) is 2.35. The van der Waals surface area contributed by atoms with Crippen molar-refractivity contribution in [2.24, 2.45) is 5.73 Å². The van der Waals surface area contributed by atoms with Crippen molar-refractivity contribution in [2.45, 2.75) is 19.0 Å². The molecule has 0 atom stereocenters. The van der Waals surface area contributed by atoms with Crippen LogP contribution in [0, 0.1) is 0 Å². The first-order valence-corrected chi connectivity index (χ1v) is 7.25. The number of rotatable bonds is 3. The molecule has 0 saturated carbocycles. The fraction of sp³-hybridized carbons (Fsp3) is 0.600. The molecule has 1 aromatic rings. The van der Waals surface area contributed by atoms with Crippen LogP contribution in [0.5, 0.6) is 0 Å². The molecule has 0 radical (unpaired) electrons. The zero-order valence-electron chi connectivity index (χ0n) is 12.3. The molecule has 0 spiro atoms. The van der Waals surface area contributed by atoms with Crippen molar-refractivity contribution in [3.63, 3.8) is 0 Å². The summed E-state index contributed by atoms with van der Waals surface area (Å²) < 4.78 is 40.0. The second-order valence-corrected chi connectivity index (χ2v) is 5.53. The number of hydrogen-bond acceptors (Lipinski definition) is 3. The molecule has 0 unspecified atom stereocenters.